The summed E-state index contributed by atoms with van der Waals surface area (Å²) < 4.78 is 15.6. The predicted octanol–water partition coefficient (Wildman–Crippen LogP) is 3.10. The third kappa shape index (κ3) is 2.58. The first-order valence-electron chi connectivity index (χ1n) is 6.58. The SMILES string of the molecule is COc1ccc(NC(=O)c2ccc3ncoc3c2)cc1OC. The average Bonchev–Trinajstić information content (AvgIpc) is 3.02. The van der Waals surface area contributed by atoms with Gasteiger partial charge in [-0.05, 0) is 30.3 Å². The van der Waals surface area contributed by atoms with Crippen LogP contribution in [0, 0.1) is 0 Å². The van der Waals surface area contributed by atoms with Crippen molar-refractivity contribution in [1.82, 2.24) is 4.98 Å². The summed E-state index contributed by atoms with van der Waals surface area (Å²) in [5.41, 5.74) is 2.38. The van der Waals surface area contributed by atoms with E-state index in [0.717, 1.165) is 0 Å². The van der Waals surface area contributed by atoms with Gasteiger partial charge in [0.15, 0.2) is 23.5 Å². The van der Waals surface area contributed by atoms with Gasteiger partial charge in [-0.25, -0.2) is 4.98 Å². The number of oxazole rings is 1. The lowest BCUT2D eigenvalue weighted by molar-refractivity contribution is 0.102. The Morgan fingerprint density at radius 1 is 1.09 bits per heavy atom. The molecule has 0 saturated carbocycles. The van der Waals surface area contributed by atoms with Crippen LogP contribution >= 0.6 is 0 Å². The highest BCUT2D eigenvalue weighted by Crippen LogP contribution is 2.30. The largest absolute Gasteiger partial charge is 0.493 e. The molecule has 0 atom stereocenters. The van der Waals surface area contributed by atoms with E-state index in [1.165, 1.54) is 6.39 Å². The lowest BCUT2D eigenvalue weighted by Gasteiger charge is -2.10. The highest BCUT2D eigenvalue weighted by Gasteiger charge is 2.11. The highest BCUT2D eigenvalue weighted by atomic mass is 16.5. The molecule has 6 nitrogen and oxygen atoms in total. The van der Waals surface area contributed by atoms with Crippen molar-refractivity contribution >= 4 is 22.7 Å². The van der Waals surface area contributed by atoms with Gasteiger partial charge in [0.2, 0.25) is 0 Å². The number of nitrogens with one attached hydrogen (secondary N) is 1. The third-order valence-electron chi connectivity index (χ3n) is 3.23. The van der Waals surface area contributed by atoms with Crippen molar-refractivity contribution in [3.05, 3.63) is 48.4 Å². The molecule has 3 aromatic rings. The smallest absolute Gasteiger partial charge is 0.255 e. The van der Waals surface area contributed by atoms with Crippen molar-refractivity contribution in [3.63, 3.8) is 0 Å². The number of rotatable bonds is 4. The van der Waals surface area contributed by atoms with Gasteiger partial charge in [0.05, 0.1) is 14.2 Å². The van der Waals surface area contributed by atoms with Crippen LogP contribution in [0.1, 0.15) is 10.4 Å². The van der Waals surface area contributed by atoms with Gasteiger partial charge in [-0.2, -0.15) is 0 Å². The fourth-order valence-corrected chi connectivity index (χ4v) is 2.11. The fraction of sp³-hybridized carbons (Fsp3) is 0.125. The van der Waals surface area contributed by atoms with Crippen LogP contribution in [0.5, 0.6) is 11.5 Å². The maximum atomic E-state index is 12.3. The molecular formula is C16H14N2O4. The first-order valence-corrected chi connectivity index (χ1v) is 6.58. The van der Waals surface area contributed by atoms with E-state index in [1.54, 1.807) is 50.6 Å². The number of hydrogen-bond donors (Lipinski definition) is 1. The average molecular weight is 298 g/mol. The maximum absolute atomic E-state index is 12.3. The number of methoxy groups -OCH3 is 2. The zero-order valence-electron chi connectivity index (χ0n) is 12.1. The Morgan fingerprint density at radius 2 is 1.91 bits per heavy atom. The van der Waals surface area contributed by atoms with Gasteiger partial charge in [0, 0.05) is 17.3 Å². The molecule has 0 aliphatic rings. The zero-order chi connectivity index (χ0) is 15.5. The van der Waals surface area contributed by atoms with E-state index in [1.807, 2.05) is 0 Å². The molecule has 1 heterocycles. The molecule has 1 aromatic heterocycles. The van der Waals surface area contributed by atoms with E-state index in [2.05, 4.69) is 10.3 Å². The lowest BCUT2D eigenvalue weighted by Crippen LogP contribution is -2.11. The number of fused-ring (bicyclic) bond motifs is 1. The van der Waals surface area contributed by atoms with Crippen LogP contribution in [0.2, 0.25) is 0 Å². The molecule has 0 bridgehead atoms. The summed E-state index contributed by atoms with van der Waals surface area (Å²) in [5.74, 6) is 0.903. The van der Waals surface area contributed by atoms with Crippen molar-refractivity contribution in [2.75, 3.05) is 19.5 Å². The number of carbonyl (C=O) groups excluding carboxylic acids is 1. The van der Waals surface area contributed by atoms with Gasteiger partial charge in [-0.15, -0.1) is 0 Å². The second-order valence-corrected chi connectivity index (χ2v) is 4.56. The third-order valence-corrected chi connectivity index (χ3v) is 3.23. The number of amides is 1. The molecule has 0 fully saturated rings. The molecule has 22 heavy (non-hydrogen) atoms. The number of hydrogen-bond acceptors (Lipinski definition) is 5. The van der Waals surface area contributed by atoms with Crippen molar-refractivity contribution in [2.45, 2.75) is 0 Å². The molecule has 0 saturated heterocycles. The summed E-state index contributed by atoms with van der Waals surface area (Å²) in [4.78, 5) is 16.3. The van der Waals surface area contributed by atoms with Crippen LogP contribution in [0.25, 0.3) is 11.1 Å². The molecule has 112 valence electrons. The standard InChI is InChI=1S/C16H14N2O4/c1-20-13-6-4-11(8-15(13)21-2)18-16(19)10-3-5-12-14(7-10)22-9-17-12/h3-9H,1-2H3,(H,18,19). The number of aromatic nitrogens is 1. The van der Waals surface area contributed by atoms with Gasteiger partial charge >= 0.3 is 0 Å². The second kappa shape index (κ2) is 5.77. The number of carbonyl (C=O) groups is 1. The molecule has 0 aliphatic heterocycles. The Balaban J connectivity index is 1.84. The Kier molecular flexibility index (Phi) is 3.65. The molecule has 0 spiro atoms. The molecule has 0 aliphatic carbocycles. The summed E-state index contributed by atoms with van der Waals surface area (Å²) in [5, 5.41) is 2.80. The van der Waals surface area contributed by atoms with Gasteiger partial charge in [-0.1, -0.05) is 0 Å². The van der Waals surface area contributed by atoms with E-state index < -0.39 is 0 Å². The van der Waals surface area contributed by atoms with Crippen molar-refractivity contribution in [2.24, 2.45) is 0 Å². The van der Waals surface area contributed by atoms with Gasteiger partial charge in [-0.3, -0.25) is 4.79 Å². The molecule has 1 amide bonds. The Bertz CT molecular complexity index is 826. The minimum absolute atomic E-state index is 0.245. The first-order chi connectivity index (χ1) is 10.7. The Labute approximate surface area is 126 Å². The maximum Gasteiger partial charge on any atom is 0.255 e. The van der Waals surface area contributed by atoms with Crippen LogP contribution < -0.4 is 14.8 Å². The molecule has 6 heteroatoms. The van der Waals surface area contributed by atoms with Gasteiger partial charge in [0.25, 0.3) is 5.91 Å². The first kappa shape index (κ1) is 13.9. The molecule has 0 unspecified atom stereocenters. The monoisotopic (exact) mass is 298 g/mol. The van der Waals surface area contributed by atoms with Gasteiger partial charge in [0.1, 0.15) is 5.52 Å². The number of nitrogens with zero attached hydrogens (tertiary/aromatic N) is 1. The van der Waals surface area contributed by atoms with Crippen molar-refractivity contribution < 1.29 is 18.7 Å². The van der Waals surface area contributed by atoms with Crippen LogP contribution in [0.4, 0.5) is 5.69 Å². The minimum atomic E-state index is -0.245. The van der Waals surface area contributed by atoms with Crippen LogP contribution in [-0.4, -0.2) is 25.1 Å². The fourth-order valence-electron chi connectivity index (χ4n) is 2.11. The Morgan fingerprint density at radius 3 is 2.68 bits per heavy atom. The summed E-state index contributed by atoms with van der Waals surface area (Å²) >= 11 is 0. The highest BCUT2D eigenvalue weighted by molar-refractivity contribution is 6.05. The second-order valence-electron chi connectivity index (χ2n) is 4.56. The van der Waals surface area contributed by atoms with Crippen molar-refractivity contribution in [3.8, 4) is 11.5 Å². The minimum Gasteiger partial charge on any atom is -0.493 e. The summed E-state index contributed by atoms with van der Waals surface area (Å²) in [6.07, 6.45) is 1.35. The van der Waals surface area contributed by atoms with E-state index in [4.69, 9.17) is 13.9 Å². The molecular weight excluding hydrogens is 284 g/mol. The quantitative estimate of drug-likeness (QED) is 0.801. The molecule has 0 radical (unpaired) electrons. The topological polar surface area (TPSA) is 73.6 Å². The van der Waals surface area contributed by atoms with Crippen LogP contribution in [0.3, 0.4) is 0 Å². The summed E-state index contributed by atoms with van der Waals surface area (Å²) in [6.45, 7) is 0. The van der Waals surface area contributed by atoms with E-state index >= 15 is 0 Å². The summed E-state index contributed by atoms with van der Waals surface area (Å²) in [6, 6.07) is 10.3. The van der Waals surface area contributed by atoms with Crippen molar-refractivity contribution in [1.29, 1.82) is 0 Å². The van der Waals surface area contributed by atoms with Crippen LogP contribution in [-0.2, 0) is 0 Å². The molecule has 1 N–H and O–H groups in total. The van der Waals surface area contributed by atoms with E-state index in [-0.39, 0.29) is 5.91 Å². The zero-order valence-corrected chi connectivity index (χ0v) is 12.1. The summed E-state index contributed by atoms with van der Waals surface area (Å²) in [7, 11) is 3.10. The number of anilines is 1. The molecule has 2 aromatic carbocycles. The van der Waals surface area contributed by atoms with Gasteiger partial charge < -0.3 is 19.2 Å². The lowest BCUT2D eigenvalue weighted by atomic mass is 10.2. The number of ether oxygens (including phenoxy) is 2. The Hall–Kier alpha value is -3.02. The van der Waals surface area contributed by atoms with E-state index in [0.29, 0.717) is 33.8 Å². The number of benzene rings is 2. The molecule has 3 rings (SSSR count). The van der Waals surface area contributed by atoms with E-state index in [9.17, 15) is 4.79 Å². The van der Waals surface area contributed by atoms with Crippen LogP contribution in [0.15, 0.2) is 47.2 Å². The predicted molar refractivity (Wildman–Crippen MR) is 81.5 cm³/mol. The normalized spacial score (nSPS) is 10.5.